The number of hydrogen-bond acceptors (Lipinski definition) is 4. The van der Waals surface area contributed by atoms with Crippen molar-refractivity contribution in [2.45, 2.75) is 19.4 Å². The van der Waals surface area contributed by atoms with Crippen LogP contribution < -0.4 is 4.90 Å². The molecule has 4 rings (SSSR count). The van der Waals surface area contributed by atoms with Crippen LogP contribution in [0.5, 0.6) is 0 Å². The Hall–Kier alpha value is -2.08. The van der Waals surface area contributed by atoms with E-state index in [0.29, 0.717) is 5.02 Å². The van der Waals surface area contributed by atoms with Crippen LogP contribution in [0.2, 0.25) is 5.02 Å². The molecule has 2 aromatic rings. The Morgan fingerprint density at radius 3 is 2.71 bits per heavy atom. The van der Waals surface area contributed by atoms with Crippen molar-refractivity contribution < 1.29 is 4.79 Å². The first-order valence-corrected chi connectivity index (χ1v) is 8.74. The quantitative estimate of drug-likeness (QED) is 0.833. The summed E-state index contributed by atoms with van der Waals surface area (Å²) >= 11 is 5.89. The Morgan fingerprint density at radius 1 is 1.12 bits per heavy atom. The van der Waals surface area contributed by atoms with E-state index in [2.05, 4.69) is 15.0 Å². The molecule has 6 nitrogen and oxygen atoms in total. The number of carbonyl (C=O) groups excluding carboxylic acids is 1. The average Bonchev–Trinajstić information content (AvgIpc) is 3.09. The van der Waals surface area contributed by atoms with Gasteiger partial charge in [-0.2, -0.15) is 5.10 Å². The summed E-state index contributed by atoms with van der Waals surface area (Å²) in [6, 6.07) is 5.80. The van der Waals surface area contributed by atoms with Crippen molar-refractivity contribution >= 4 is 23.3 Å². The summed E-state index contributed by atoms with van der Waals surface area (Å²) in [5.41, 5.74) is 1.17. The van der Waals surface area contributed by atoms with E-state index in [-0.39, 0.29) is 11.8 Å². The van der Waals surface area contributed by atoms with Crippen LogP contribution in [0.15, 0.2) is 30.6 Å². The lowest BCUT2D eigenvalue weighted by Gasteiger charge is -2.37. The standard InChI is InChI=1S/C17H20ClN5O/c18-14-1-2-16(19-12-14)21-7-9-22(10-8-21)17(24)13-4-6-23-15(11-13)3-5-20-23/h1-3,5,12-13H,4,6-11H2. The zero-order valence-electron chi connectivity index (χ0n) is 13.4. The molecule has 0 bridgehead atoms. The van der Waals surface area contributed by atoms with Crippen LogP contribution in [0.4, 0.5) is 5.82 Å². The molecule has 4 heterocycles. The normalized spacial score (nSPS) is 20.8. The maximum absolute atomic E-state index is 12.8. The molecule has 2 aliphatic rings. The molecule has 7 heteroatoms. The Bertz CT molecular complexity index is 721. The van der Waals surface area contributed by atoms with E-state index < -0.39 is 0 Å². The summed E-state index contributed by atoms with van der Waals surface area (Å²) < 4.78 is 2.01. The van der Waals surface area contributed by atoms with Crippen molar-refractivity contribution in [3.05, 3.63) is 41.3 Å². The maximum Gasteiger partial charge on any atom is 0.226 e. The third-order valence-corrected chi connectivity index (χ3v) is 5.15. The number of nitrogens with zero attached hydrogens (tertiary/aromatic N) is 5. The number of aryl methyl sites for hydroxylation is 1. The number of piperazine rings is 1. The van der Waals surface area contributed by atoms with Crippen molar-refractivity contribution in [2.24, 2.45) is 5.92 Å². The molecule has 2 aromatic heterocycles. The first-order valence-electron chi connectivity index (χ1n) is 8.37. The predicted octanol–water partition coefficient (Wildman–Crippen LogP) is 1.84. The van der Waals surface area contributed by atoms with E-state index >= 15 is 0 Å². The second-order valence-corrected chi connectivity index (χ2v) is 6.82. The number of amides is 1. The van der Waals surface area contributed by atoms with Gasteiger partial charge in [0.1, 0.15) is 5.82 Å². The number of pyridine rings is 1. The first kappa shape index (κ1) is 15.4. The van der Waals surface area contributed by atoms with Crippen LogP contribution in [-0.4, -0.2) is 51.8 Å². The molecule has 24 heavy (non-hydrogen) atoms. The highest BCUT2D eigenvalue weighted by Gasteiger charge is 2.30. The second kappa shape index (κ2) is 6.43. The number of hydrogen-bond donors (Lipinski definition) is 0. The smallest absolute Gasteiger partial charge is 0.226 e. The van der Waals surface area contributed by atoms with E-state index in [1.807, 2.05) is 34.0 Å². The molecule has 1 amide bonds. The Morgan fingerprint density at radius 2 is 1.96 bits per heavy atom. The third-order valence-electron chi connectivity index (χ3n) is 4.93. The number of carbonyl (C=O) groups is 1. The highest BCUT2D eigenvalue weighted by molar-refractivity contribution is 6.30. The second-order valence-electron chi connectivity index (χ2n) is 6.38. The Labute approximate surface area is 146 Å². The number of fused-ring (bicyclic) bond motifs is 1. The molecule has 2 aliphatic heterocycles. The van der Waals surface area contributed by atoms with Crippen molar-refractivity contribution in [2.75, 3.05) is 31.1 Å². The summed E-state index contributed by atoms with van der Waals surface area (Å²) in [5, 5.41) is 4.92. The van der Waals surface area contributed by atoms with Gasteiger partial charge >= 0.3 is 0 Å². The number of halogens is 1. The van der Waals surface area contributed by atoms with Crippen LogP contribution in [-0.2, 0) is 17.8 Å². The van der Waals surface area contributed by atoms with Crippen molar-refractivity contribution in [1.29, 1.82) is 0 Å². The van der Waals surface area contributed by atoms with Gasteiger partial charge in [0.05, 0.1) is 5.02 Å². The van der Waals surface area contributed by atoms with Gasteiger partial charge in [-0.05, 0) is 24.6 Å². The van der Waals surface area contributed by atoms with E-state index in [4.69, 9.17) is 11.6 Å². The van der Waals surface area contributed by atoms with E-state index in [0.717, 1.165) is 51.4 Å². The minimum absolute atomic E-state index is 0.0920. The number of rotatable bonds is 2. The van der Waals surface area contributed by atoms with Crippen LogP contribution >= 0.6 is 11.6 Å². The number of aromatic nitrogens is 3. The van der Waals surface area contributed by atoms with Gasteiger partial charge in [-0.25, -0.2) is 4.98 Å². The van der Waals surface area contributed by atoms with Crippen LogP contribution in [0.25, 0.3) is 0 Å². The fourth-order valence-corrected chi connectivity index (χ4v) is 3.66. The third kappa shape index (κ3) is 2.98. The van der Waals surface area contributed by atoms with Crippen molar-refractivity contribution in [3.8, 4) is 0 Å². The molecule has 0 aliphatic carbocycles. The van der Waals surface area contributed by atoms with Gasteiger partial charge in [-0.15, -0.1) is 0 Å². The lowest BCUT2D eigenvalue weighted by atomic mass is 9.94. The van der Waals surface area contributed by atoms with Gasteiger partial charge in [-0.1, -0.05) is 11.6 Å². The molecule has 1 fully saturated rings. The summed E-state index contributed by atoms with van der Waals surface area (Å²) in [4.78, 5) is 21.4. The monoisotopic (exact) mass is 345 g/mol. The van der Waals surface area contributed by atoms with Crippen LogP contribution in [0.3, 0.4) is 0 Å². The molecule has 1 atom stereocenters. The maximum atomic E-state index is 12.8. The lowest BCUT2D eigenvalue weighted by molar-refractivity contribution is -0.136. The first-order chi connectivity index (χ1) is 11.7. The minimum atomic E-state index is 0.0920. The van der Waals surface area contributed by atoms with Crippen LogP contribution in [0.1, 0.15) is 12.1 Å². The molecule has 0 radical (unpaired) electrons. The van der Waals surface area contributed by atoms with Crippen molar-refractivity contribution in [1.82, 2.24) is 19.7 Å². The van der Waals surface area contributed by atoms with Gasteiger partial charge < -0.3 is 9.80 Å². The summed E-state index contributed by atoms with van der Waals surface area (Å²) in [6.07, 6.45) is 5.17. The molecule has 1 unspecified atom stereocenters. The summed E-state index contributed by atoms with van der Waals surface area (Å²) in [7, 11) is 0. The largest absolute Gasteiger partial charge is 0.353 e. The number of anilines is 1. The topological polar surface area (TPSA) is 54.3 Å². The zero-order valence-corrected chi connectivity index (χ0v) is 14.2. The van der Waals surface area contributed by atoms with Crippen molar-refractivity contribution in [3.63, 3.8) is 0 Å². The zero-order chi connectivity index (χ0) is 16.5. The molecule has 0 aromatic carbocycles. The SMILES string of the molecule is O=C(C1CCn2nccc2C1)N1CCN(c2ccc(Cl)cn2)CC1. The molecular formula is C17H20ClN5O. The lowest BCUT2D eigenvalue weighted by Crippen LogP contribution is -2.51. The molecule has 126 valence electrons. The van der Waals surface area contributed by atoms with Crippen LogP contribution in [0, 0.1) is 5.92 Å². The van der Waals surface area contributed by atoms with E-state index in [1.54, 1.807) is 6.20 Å². The average molecular weight is 346 g/mol. The predicted molar refractivity (Wildman–Crippen MR) is 92.1 cm³/mol. The Balaban J connectivity index is 1.36. The molecule has 0 spiro atoms. The fraction of sp³-hybridized carbons (Fsp3) is 0.471. The summed E-state index contributed by atoms with van der Waals surface area (Å²) in [5.74, 6) is 1.30. The van der Waals surface area contributed by atoms with Gasteiger partial charge in [0.25, 0.3) is 0 Å². The van der Waals surface area contributed by atoms with Gasteiger partial charge in [0, 0.05) is 63.2 Å². The molecule has 0 saturated carbocycles. The van der Waals surface area contributed by atoms with E-state index in [1.165, 1.54) is 5.69 Å². The highest BCUT2D eigenvalue weighted by atomic mass is 35.5. The van der Waals surface area contributed by atoms with Gasteiger partial charge in [-0.3, -0.25) is 9.48 Å². The summed E-state index contributed by atoms with van der Waals surface area (Å²) in [6.45, 7) is 3.96. The van der Waals surface area contributed by atoms with Gasteiger partial charge in [0.15, 0.2) is 0 Å². The molecular weight excluding hydrogens is 326 g/mol. The Kier molecular flexibility index (Phi) is 4.14. The molecule has 1 saturated heterocycles. The van der Waals surface area contributed by atoms with Gasteiger partial charge in [0.2, 0.25) is 5.91 Å². The fourth-order valence-electron chi connectivity index (χ4n) is 3.55. The highest BCUT2D eigenvalue weighted by Crippen LogP contribution is 2.23. The minimum Gasteiger partial charge on any atom is -0.353 e. The molecule has 0 N–H and O–H groups in total. The van der Waals surface area contributed by atoms with E-state index in [9.17, 15) is 4.79 Å².